The highest BCUT2D eigenvalue weighted by molar-refractivity contribution is 7.10. The molecule has 2 N–H and O–H groups in total. The van der Waals surface area contributed by atoms with Gasteiger partial charge >= 0.3 is 17.0 Å². The van der Waals surface area contributed by atoms with E-state index in [1.54, 1.807) is 24.3 Å². The number of nitriles is 1. The lowest BCUT2D eigenvalue weighted by Crippen LogP contribution is -2.18. The molecule has 0 atom stereocenters. The van der Waals surface area contributed by atoms with Crippen molar-refractivity contribution in [3.05, 3.63) is 83.8 Å². The first-order valence-electron chi connectivity index (χ1n) is 9.57. The summed E-state index contributed by atoms with van der Waals surface area (Å²) in [5.41, 5.74) is -0.637. The number of benzene rings is 2. The number of rotatable bonds is 5. The lowest BCUT2D eigenvalue weighted by atomic mass is 9.95. The molecule has 8 nitrogen and oxygen atoms in total. The molecule has 12 heteroatoms. The number of thiazole rings is 1. The van der Waals surface area contributed by atoms with E-state index in [9.17, 15) is 27.9 Å². The van der Waals surface area contributed by atoms with Crippen LogP contribution in [0.3, 0.4) is 0 Å². The van der Waals surface area contributed by atoms with Crippen LogP contribution < -0.4 is 15.4 Å². The van der Waals surface area contributed by atoms with E-state index in [4.69, 9.17) is 10.4 Å². The normalized spacial score (nSPS) is 13.2. The van der Waals surface area contributed by atoms with Gasteiger partial charge in [-0.25, -0.2) is 0 Å². The van der Waals surface area contributed by atoms with Crippen molar-refractivity contribution in [1.29, 1.82) is 5.26 Å². The van der Waals surface area contributed by atoms with Crippen molar-refractivity contribution in [2.24, 2.45) is 10.2 Å². The Labute approximate surface area is 192 Å². The lowest BCUT2D eigenvalue weighted by Gasteiger charge is -2.15. The molecule has 3 aromatic rings. The minimum absolute atomic E-state index is 0.0597. The summed E-state index contributed by atoms with van der Waals surface area (Å²) in [6.45, 7) is -0.811. The molecule has 0 fully saturated rings. The van der Waals surface area contributed by atoms with Crippen LogP contribution in [0.5, 0.6) is 5.88 Å². The smallest absolute Gasteiger partial charge is 0.416 e. The van der Waals surface area contributed by atoms with Gasteiger partial charge in [0.2, 0.25) is 5.88 Å². The summed E-state index contributed by atoms with van der Waals surface area (Å²) >= 11 is 0.526. The van der Waals surface area contributed by atoms with E-state index in [-0.39, 0.29) is 28.0 Å². The molecule has 0 saturated carbocycles. The summed E-state index contributed by atoms with van der Waals surface area (Å²) in [5.74, 6) is -2.03. The van der Waals surface area contributed by atoms with Gasteiger partial charge in [-0.05, 0) is 40.6 Å². The number of carboxylic acids is 1. The van der Waals surface area contributed by atoms with Gasteiger partial charge in [0, 0.05) is 12.0 Å². The van der Waals surface area contributed by atoms with Crippen LogP contribution in [0, 0.1) is 11.3 Å². The number of carbonyl (C=O) groups is 1. The first kappa shape index (κ1) is 22.9. The molecule has 1 aromatic heterocycles. The zero-order valence-electron chi connectivity index (χ0n) is 17.0. The summed E-state index contributed by atoms with van der Waals surface area (Å²) < 4.78 is 42.0. The van der Waals surface area contributed by atoms with Gasteiger partial charge in [-0.2, -0.15) is 28.6 Å². The molecule has 0 spiro atoms. The molecule has 34 heavy (non-hydrogen) atoms. The number of aromatic nitrogens is 1. The van der Waals surface area contributed by atoms with Crippen molar-refractivity contribution in [3.8, 4) is 11.9 Å². The Morgan fingerprint density at radius 3 is 2.65 bits per heavy atom. The lowest BCUT2D eigenvalue weighted by molar-refractivity contribution is -0.138. The van der Waals surface area contributed by atoms with Crippen LogP contribution in [0.15, 0.2) is 51.4 Å². The first-order valence-corrected chi connectivity index (χ1v) is 10.4. The van der Waals surface area contributed by atoms with Gasteiger partial charge in [0.15, 0.2) is 0 Å². The standard InChI is InChI=1S/C22H13F3N4O4S/c23-22(24,25)16-5-11(8-26)1-2-13(16)7-15(12-3-4-17-14(6-12)9-27-28-17)19-20(32)29(10-18(30)31)21(33)34-19/h1-6,9,32H,7,10H2,(H,30,31). The number of carboxylic acid groups (broad SMARTS) is 1. The third kappa shape index (κ3) is 4.33. The predicted octanol–water partition coefficient (Wildman–Crippen LogP) is 2.00. The Bertz CT molecular complexity index is 1580. The van der Waals surface area contributed by atoms with Crippen molar-refractivity contribution in [1.82, 2.24) is 4.57 Å². The third-order valence-electron chi connectivity index (χ3n) is 5.09. The Kier molecular flexibility index (Phi) is 5.80. The molecular weight excluding hydrogens is 473 g/mol. The molecular formula is C22H13F3N4O4S. The predicted molar refractivity (Wildman–Crippen MR) is 115 cm³/mol. The molecule has 4 rings (SSSR count). The largest absolute Gasteiger partial charge is 0.493 e. The number of hydrogen-bond acceptors (Lipinski definition) is 7. The number of nitrogens with zero attached hydrogens (tertiary/aromatic N) is 4. The zero-order chi connectivity index (χ0) is 24.6. The van der Waals surface area contributed by atoms with Crippen LogP contribution in [0.25, 0.3) is 5.57 Å². The Hall–Kier alpha value is -4.24. The van der Waals surface area contributed by atoms with Gasteiger partial charge in [-0.1, -0.05) is 23.5 Å². The van der Waals surface area contributed by atoms with Crippen LogP contribution in [-0.4, -0.2) is 27.0 Å². The Balaban J connectivity index is 1.98. The monoisotopic (exact) mass is 486 g/mol. The Morgan fingerprint density at radius 2 is 1.97 bits per heavy atom. The second-order valence-corrected chi connectivity index (χ2v) is 8.22. The van der Waals surface area contributed by atoms with Crippen LogP contribution in [-0.2, 0) is 23.9 Å². The van der Waals surface area contributed by atoms with Crippen molar-refractivity contribution in [2.45, 2.75) is 19.1 Å². The zero-order valence-corrected chi connectivity index (χ0v) is 17.8. The van der Waals surface area contributed by atoms with Gasteiger partial charge in [-0.15, -0.1) is 0 Å². The summed E-state index contributed by atoms with van der Waals surface area (Å²) in [4.78, 5) is 22.6. The highest BCUT2D eigenvalue weighted by Crippen LogP contribution is 2.36. The van der Waals surface area contributed by atoms with E-state index in [1.807, 2.05) is 0 Å². The number of aliphatic carboxylic acids is 1. The maximum Gasteiger partial charge on any atom is 0.416 e. The minimum Gasteiger partial charge on any atom is -0.493 e. The topological polar surface area (TPSA) is 128 Å². The summed E-state index contributed by atoms with van der Waals surface area (Å²) in [6.07, 6.45) is -3.67. The fourth-order valence-electron chi connectivity index (χ4n) is 3.53. The van der Waals surface area contributed by atoms with Gasteiger partial charge in [-0.3, -0.25) is 14.2 Å². The van der Waals surface area contributed by atoms with E-state index in [0.29, 0.717) is 32.0 Å². The van der Waals surface area contributed by atoms with E-state index in [0.717, 1.165) is 6.07 Å². The molecule has 0 saturated heterocycles. The van der Waals surface area contributed by atoms with Crippen LogP contribution >= 0.6 is 11.3 Å². The summed E-state index contributed by atoms with van der Waals surface area (Å²) in [5, 5.41) is 37.3. The fraction of sp³-hybridized carbons (Fsp3) is 0.136. The molecule has 0 radical (unpaired) electrons. The highest BCUT2D eigenvalue weighted by Gasteiger charge is 2.34. The van der Waals surface area contributed by atoms with Crippen LogP contribution in [0.4, 0.5) is 13.2 Å². The van der Waals surface area contributed by atoms with E-state index in [2.05, 4.69) is 10.2 Å². The molecule has 2 heterocycles. The third-order valence-corrected chi connectivity index (χ3v) is 6.11. The van der Waals surface area contributed by atoms with E-state index in [1.165, 1.54) is 18.3 Å². The first-order chi connectivity index (χ1) is 16.1. The number of hydrogen-bond donors (Lipinski definition) is 2. The van der Waals surface area contributed by atoms with Gasteiger partial charge in [0.1, 0.15) is 6.54 Å². The maximum atomic E-state index is 13.8. The van der Waals surface area contributed by atoms with E-state index >= 15 is 0 Å². The summed E-state index contributed by atoms with van der Waals surface area (Å²) in [7, 11) is 0. The SMILES string of the molecule is N#Cc1ccc(CC(c2sc(=O)n(CC(=O)O)c2O)=c2ccc3c(c2)C=NN=3)c(C(F)(F)F)c1. The molecule has 1 aliphatic rings. The van der Waals surface area contributed by atoms with Crippen molar-refractivity contribution in [3.63, 3.8) is 0 Å². The fourth-order valence-corrected chi connectivity index (χ4v) is 4.48. The minimum atomic E-state index is -4.76. The van der Waals surface area contributed by atoms with Gasteiger partial charge in [0.05, 0.1) is 33.6 Å². The number of alkyl halides is 3. The molecule has 2 aromatic carbocycles. The van der Waals surface area contributed by atoms with Crippen LogP contribution in [0.1, 0.15) is 27.1 Å². The van der Waals surface area contributed by atoms with Crippen molar-refractivity contribution < 1.29 is 28.2 Å². The molecule has 0 aliphatic carbocycles. The maximum absolute atomic E-state index is 13.8. The van der Waals surface area contributed by atoms with Crippen LogP contribution in [0.2, 0.25) is 0 Å². The number of aromatic hydroxyl groups is 1. The van der Waals surface area contributed by atoms with Gasteiger partial charge in [0.25, 0.3) is 0 Å². The quantitative estimate of drug-likeness (QED) is 0.570. The average molecular weight is 486 g/mol. The summed E-state index contributed by atoms with van der Waals surface area (Å²) in [6, 6.07) is 9.59. The second kappa shape index (κ2) is 8.60. The van der Waals surface area contributed by atoms with E-state index < -0.39 is 35.0 Å². The number of fused-ring (bicyclic) bond motifs is 1. The number of halogens is 3. The molecule has 0 bridgehead atoms. The van der Waals surface area contributed by atoms with Crippen molar-refractivity contribution >= 4 is 29.1 Å². The average Bonchev–Trinajstić information content (AvgIpc) is 3.36. The van der Waals surface area contributed by atoms with Gasteiger partial charge < -0.3 is 10.2 Å². The van der Waals surface area contributed by atoms with Crippen molar-refractivity contribution in [2.75, 3.05) is 0 Å². The molecule has 172 valence electrons. The second-order valence-electron chi connectivity index (χ2n) is 7.26. The highest BCUT2D eigenvalue weighted by atomic mass is 32.1. The molecule has 1 aliphatic heterocycles. The Morgan fingerprint density at radius 1 is 1.21 bits per heavy atom. The molecule has 0 amide bonds. The molecule has 0 unspecified atom stereocenters.